The Morgan fingerprint density at radius 2 is 0.931 bits per heavy atom. The van der Waals surface area contributed by atoms with Crippen molar-refractivity contribution in [2.75, 3.05) is 12.4 Å². The third-order valence-electron chi connectivity index (χ3n) is 3.97. The molecular formula is C18H38Na2O7S2. The molecule has 0 aromatic rings. The van der Waals surface area contributed by atoms with Gasteiger partial charge in [-0.15, -0.1) is 0 Å². The molecule has 0 aliphatic heterocycles. The van der Waals surface area contributed by atoms with Crippen molar-refractivity contribution in [3.05, 3.63) is 0 Å². The van der Waals surface area contributed by atoms with E-state index < -0.39 is 20.5 Å². The molecule has 0 aliphatic carbocycles. The number of rotatable bonds is 17. The fourth-order valence-electron chi connectivity index (χ4n) is 2.46. The molecule has 0 heterocycles. The Morgan fingerprint density at radius 3 is 1.28 bits per heavy atom. The van der Waals surface area contributed by atoms with Crippen LogP contribution in [-0.2, 0) is 24.7 Å². The van der Waals surface area contributed by atoms with Gasteiger partial charge in [0.25, 0.3) is 0 Å². The van der Waals surface area contributed by atoms with E-state index in [1.807, 2.05) is 6.92 Å². The van der Waals surface area contributed by atoms with Crippen LogP contribution in [0, 0.1) is 0 Å². The first-order valence-electron chi connectivity index (χ1n) is 10.2. The van der Waals surface area contributed by atoms with Crippen molar-refractivity contribution in [2.45, 2.75) is 104 Å². The fourth-order valence-corrected chi connectivity index (χ4v) is 3.34. The summed E-state index contributed by atoms with van der Waals surface area (Å²) in [5, 5.41) is 0. The molecule has 29 heavy (non-hydrogen) atoms. The summed E-state index contributed by atoms with van der Waals surface area (Å²) in [4.78, 5) is 0. The van der Waals surface area contributed by atoms with E-state index in [0.29, 0.717) is 12.8 Å². The molecule has 0 atom stereocenters. The van der Waals surface area contributed by atoms with Gasteiger partial charge < -0.3 is 9.11 Å². The van der Waals surface area contributed by atoms with Crippen molar-refractivity contribution in [1.29, 1.82) is 0 Å². The Labute approximate surface area is 223 Å². The van der Waals surface area contributed by atoms with Gasteiger partial charge in [0.2, 0.25) is 10.4 Å². The molecule has 11 heteroatoms. The molecule has 0 unspecified atom stereocenters. The summed E-state index contributed by atoms with van der Waals surface area (Å²) in [6.07, 6.45) is 15.1. The van der Waals surface area contributed by atoms with Gasteiger partial charge >= 0.3 is 59.1 Å². The Kier molecular flexibility index (Phi) is 34.2. The van der Waals surface area contributed by atoms with Crippen molar-refractivity contribution in [3.8, 4) is 0 Å². The summed E-state index contributed by atoms with van der Waals surface area (Å²) in [6.45, 7) is 4.28. The normalized spacial score (nSPS) is 11.0. The molecule has 0 saturated heterocycles. The number of hydrogen-bond acceptors (Lipinski definition) is 7. The molecule has 0 N–H and O–H groups in total. The maximum absolute atomic E-state index is 10.1. The second kappa shape index (κ2) is 26.0. The molecule has 0 spiro atoms. The zero-order valence-corrected chi connectivity index (χ0v) is 24.6. The van der Waals surface area contributed by atoms with Crippen LogP contribution in [0.1, 0.15) is 104 Å². The number of hydrogen-bond donors (Lipinski definition) is 0. The van der Waals surface area contributed by atoms with Crippen LogP contribution in [0.3, 0.4) is 0 Å². The molecule has 7 nitrogen and oxygen atoms in total. The van der Waals surface area contributed by atoms with Gasteiger partial charge in [0.05, 0.1) is 16.7 Å². The zero-order valence-electron chi connectivity index (χ0n) is 19.0. The molecule has 0 amide bonds. The van der Waals surface area contributed by atoms with E-state index in [-0.39, 0.29) is 71.5 Å². The van der Waals surface area contributed by atoms with Gasteiger partial charge in [-0.1, -0.05) is 90.9 Å². The van der Waals surface area contributed by atoms with Crippen LogP contribution in [0.4, 0.5) is 0 Å². The van der Waals surface area contributed by atoms with E-state index in [9.17, 15) is 25.9 Å². The van der Waals surface area contributed by atoms with Gasteiger partial charge in [-0.25, -0.2) is 16.8 Å². The Morgan fingerprint density at radius 1 is 0.586 bits per heavy atom. The standard InChI is InChI=1S/C12H26O4S.C6H14O3S.2Na/c1-2-3-4-5-6-7-8-9-10-11-12-16-17(13,14)15;1-2-3-4-5-6-10(7,8)9;;/h2-12H2,1H3,(H,13,14,15);2-6H2,1H3,(H,7,8,9);;/q;;2*+1/p-2. The molecule has 166 valence electrons. The van der Waals surface area contributed by atoms with Gasteiger partial charge in [0.1, 0.15) is 0 Å². The predicted octanol–water partition coefficient (Wildman–Crippen LogP) is -1.50. The Hall–Kier alpha value is 1.78. The van der Waals surface area contributed by atoms with Crippen LogP contribution in [-0.4, -0.2) is 38.3 Å². The topological polar surface area (TPSA) is 124 Å². The summed E-state index contributed by atoms with van der Waals surface area (Å²) in [5.74, 6) is -0.201. The minimum atomic E-state index is -4.48. The largest absolute Gasteiger partial charge is 1.00 e. The van der Waals surface area contributed by atoms with Crippen LogP contribution in [0.5, 0.6) is 0 Å². The molecule has 0 rings (SSSR count). The van der Waals surface area contributed by atoms with E-state index in [2.05, 4.69) is 11.1 Å². The third-order valence-corrected chi connectivity index (χ3v) is 5.22. The smallest absolute Gasteiger partial charge is 0.748 e. The Bertz CT molecular complexity index is 512. The molecule has 0 aromatic carbocycles. The second-order valence-electron chi connectivity index (χ2n) is 6.73. The first-order chi connectivity index (χ1) is 12.6. The number of unbranched alkanes of at least 4 members (excludes halogenated alkanes) is 12. The third kappa shape index (κ3) is 44.3. The van der Waals surface area contributed by atoms with E-state index in [4.69, 9.17) is 0 Å². The van der Waals surface area contributed by atoms with Crippen molar-refractivity contribution >= 4 is 20.5 Å². The molecule has 0 aromatic heterocycles. The van der Waals surface area contributed by atoms with Crippen LogP contribution >= 0.6 is 0 Å². The summed E-state index contributed by atoms with van der Waals surface area (Å²) < 4.78 is 64.6. The van der Waals surface area contributed by atoms with Gasteiger partial charge in [0.15, 0.2) is 0 Å². The summed E-state index contributed by atoms with van der Waals surface area (Å²) in [6, 6.07) is 0. The maximum Gasteiger partial charge on any atom is 1.00 e. The summed E-state index contributed by atoms with van der Waals surface area (Å²) in [7, 11) is -8.44. The Balaban J connectivity index is -0.000000226. The summed E-state index contributed by atoms with van der Waals surface area (Å²) >= 11 is 0. The second-order valence-corrected chi connectivity index (χ2v) is 9.31. The average Bonchev–Trinajstić information content (AvgIpc) is 2.55. The quantitative estimate of drug-likeness (QED) is 0.108. The molecular weight excluding hydrogens is 438 g/mol. The molecule has 0 bridgehead atoms. The first kappa shape index (κ1) is 38.1. The molecule has 0 radical (unpaired) electrons. The first-order valence-corrected chi connectivity index (χ1v) is 13.1. The van der Waals surface area contributed by atoms with E-state index in [1.54, 1.807) is 0 Å². The predicted molar refractivity (Wildman–Crippen MR) is 106 cm³/mol. The van der Waals surface area contributed by atoms with Gasteiger partial charge in [0, 0.05) is 5.75 Å². The van der Waals surface area contributed by atoms with E-state index >= 15 is 0 Å². The van der Waals surface area contributed by atoms with Crippen molar-refractivity contribution in [2.24, 2.45) is 0 Å². The van der Waals surface area contributed by atoms with Crippen molar-refractivity contribution < 1.29 is 89.2 Å². The van der Waals surface area contributed by atoms with Crippen LogP contribution < -0.4 is 59.1 Å². The minimum absolute atomic E-state index is 0. The SMILES string of the molecule is CCCCCCCCCCCCOS(=O)(=O)[O-].CCCCCCS(=O)(=O)[O-].[Na+].[Na+]. The van der Waals surface area contributed by atoms with E-state index in [0.717, 1.165) is 32.1 Å². The molecule has 0 saturated carbocycles. The van der Waals surface area contributed by atoms with Crippen LogP contribution in [0.15, 0.2) is 0 Å². The van der Waals surface area contributed by atoms with Gasteiger partial charge in [-0.3, -0.25) is 4.18 Å². The molecule has 0 fully saturated rings. The molecule has 0 aliphatic rings. The van der Waals surface area contributed by atoms with Crippen LogP contribution in [0.25, 0.3) is 0 Å². The maximum atomic E-state index is 10.1. The van der Waals surface area contributed by atoms with E-state index in [1.165, 1.54) is 44.9 Å². The average molecular weight is 477 g/mol. The fraction of sp³-hybridized carbons (Fsp3) is 1.00. The van der Waals surface area contributed by atoms with Gasteiger partial charge in [-0.05, 0) is 12.8 Å². The zero-order chi connectivity index (χ0) is 21.0. The van der Waals surface area contributed by atoms with Crippen molar-refractivity contribution in [3.63, 3.8) is 0 Å². The monoisotopic (exact) mass is 476 g/mol. The van der Waals surface area contributed by atoms with Gasteiger partial charge in [-0.2, -0.15) is 0 Å². The van der Waals surface area contributed by atoms with Crippen LogP contribution in [0.2, 0.25) is 0 Å². The van der Waals surface area contributed by atoms with Crippen molar-refractivity contribution in [1.82, 2.24) is 0 Å². The summed E-state index contributed by atoms with van der Waals surface area (Å²) in [5.41, 5.74) is 0. The minimum Gasteiger partial charge on any atom is -0.748 e.